The van der Waals surface area contributed by atoms with Gasteiger partial charge in [0, 0.05) is 27.3 Å². The molecule has 0 spiro atoms. The molecule has 104 valence electrons. The van der Waals surface area contributed by atoms with Gasteiger partial charge in [0.2, 0.25) is 5.91 Å². The number of hydrogen-bond donors (Lipinski definition) is 1. The van der Waals surface area contributed by atoms with Crippen molar-refractivity contribution in [1.82, 2.24) is 15.2 Å². The van der Waals surface area contributed by atoms with E-state index in [-0.39, 0.29) is 0 Å². The van der Waals surface area contributed by atoms with Crippen LogP contribution in [-0.2, 0) is 0 Å². The van der Waals surface area contributed by atoms with E-state index >= 15 is 0 Å². The maximum atomic E-state index is 11.0. The average molecular weight is 272 g/mol. The van der Waals surface area contributed by atoms with E-state index in [1.165, 1.54) is 6.20 Å². The summed E-state index contributed by atoms with van der Waals surface area (Å²) in [7, 11) is 5.63. The largest absolute Gasteiger partial charge is 0.366 e. The lowest BCUT2D eigenvalue weighted by Gasteiger charge is -2.17. The van der Waals surface area contributed by atoms with Crippen molar-refractivity contribution in [1.29, 1.82) is 0 Å². The monoisotopic (exact) mass is 272 g/mol. The van der Waals surface area contributed by atoms with Crippen LogP contribution in [0.1, 0.15) is 10.4 Å². The lowest BCUT2D eigenvalue weighted by atomic mass is 10.2. The highest BCUT2D eigenvalue weighted by Crippen LogP contribution is 2.19. The van der Waals surface area contributed by atoms with Crippen LogP contribution in [0.3, 0.4) is 0 Å². The molecule has 0 aliphatic carbocycles. The highest BCUT2D eigenvalue weighted by molar-refractivity contribution is 5.92. The van der Waals surface area contributed by atoms with Gasteiger partial charge in [0.25, 0.3) is 0 Å². The van der Waals surface area contributed by atoms with E-state index in [4.69, 9.17) is 5.73 Å². The van der Waals surface area contributed by atoms with Crippen molar-refractivity contribution in [3.8, 4) is 0 Å². The lowest BCUT2D eigenvalue weighted by molar-refractivity contribution is 0.1000. The fourth-order valence-corrected chi connectivity index (χ4v) is 1.58. The Morgan fingerprint density at radius 1 is 1.00 bits per heavy atom. The molecule has 2 rings (SSSR count). The molecule has 2 heterocycles. The van der Waals surface area contributed by atoms with Crippen LogP contribution in [0.25, 0.3) is 0 Å². The van der Waals surface area contributed by atoms with Crippen molar-refractivity contribution in [2.45, 2.75) is 0 Å². The van der Waals surface area contributed by atoms with Crippen molar-refractivity contribution >= 4 is 23.4 Å². The summed E-state index contributed by atoms with van der Waals surface area (Å²) in [5, 5.41) is 8.24. The first kappa shape index (κ1) is 13.7. The molecule has 0 unspecified atom stereocenters. The van der Waals surface area contributed by atoms with Crippen LogP contribution in [-0.4, -0.2) is 42.2 Å². The van der Waals surface area contributed by atoms with Crippen LogP contribution in [0.15, 0.2) is 30.5 Å². The maximum absolute atomic E-state index is 11.0. The molecule has 0 aliphatic rings. The smallest absolute Gasteiger partial charge is 0.250 e. The lowest BCUT2D eigenvalue weighted by Crippen LogP contribution is -2.16. The Bertz CT molecular complexity index is 593. The van der Waals surface area contributed by atoms with Gasteiger partial charge < -0.3 is 15.5 Å². The van der Waals surface area contributed by atoms with E-state index < -0.39 is 5.91 Å². The predicted octanol–water partition coefficient (Wildman–Crippen LogP) is 0.804. The zero-order valence-electron chi connectivity index (χ0n) is 11.6. The van der Waals surface area contributed by atoms with Crippen molar-refractivity contribution in [3.63, 3.8) is 0 Å². The molecule has 0 fully saturated rings. The average Bonchev–Trinajstić information content (AvgIpc) is 2.46. The van der Waals surface area contributed by atoms with E-state index in [0.29, 0.717) is 17.2 Å². The number of primary amides is 1. The Labute approximate surface area is 117 Å². The first-order chi connectivity index (χ1) is 9.49. The summed E-state index contributed by atoms with van der Waals surface area (Å²) in [6.45, 7) is 0. The van der Waals surface area contributed by atoms with E-state index in [0.717, 1.165) is 5.82 Å². The topological polar surface area (TPSA) is 88.2 Å². The molecule has 7 nitrogen and oxygen atoms in total. The fourth-order valence-electron chi connectivity index (χ4n) is 1.58. The van der Waals surface area contributed by atoms with Gasteiger partial charge in [-0.1, -0.05) is 0 Å². The van der Waals surface area contributed by atoms with Gasteiger partial charge in [0.1, 0.15) is 5.82 Å². The molecule has 0 aromatic carbocycles. The molecule has 0 radical (unpaired) electrons. The van der Waals surface area contributed by atoms with Gasteiger partial charge in [-0.25, -0.2) is 4.98 Å². The highest BCUT2D eigenvalue weighted by Gasteiger charge is 2.09. The molecule has 20 heavy (non-hydrogen) atoms. The summed E-state index contributed by atoms with van der Waals surface area (Å²) in [6, 6.07) is 7.06. The van der Waals surface area contributed by atoms with Crippen molar-refractivity contribution < 1.29 is 4.79 Å². The van der Waals surface area contributed by atoms with Crippen molar-refractivity contribution in [2.24, 2.45) is 5.73 Å². The van der Waals surface area contributed by atoms with Crippen LogP contribution in [0.2, 0.25) is 0 Å². The van der Waals surface area contributed by atoms with Crippen LogP contribution in [0, 0.1) is 0 Å². The molecule has 0 atom stereocenters. The van der Waals surface area contributed by atoms with Crippen LogP contribution < -0.4 is 15.5 Å². The Hall–Kier alpha value is -2.70. The molecule has 0 saturated heterocycles. The molecule has 1 amide bonds. The van der Waals surface area contributed by atoms with E-state index in [2.05, 4.69) is 15.2 Å². The first-order valence-electron chi connectivity index (χ1n) is 5.99. The number of aromatic nitrogens is 3. The van der Waals surface area contributed by atoms with E-state index in [1.54, 1.807) is 17.0 Å². The second-order valence-corrected chi connectivity index (χ2v) is 4.47. The van der Waals surface area contributed by atoms with Crippen molar-refractivity contribution in [3.05, 3.63) is 36.0 Å². The zero-order valence-corrected chi connectivity index (χ0v) is 11.6. The van der Waals surface area contributed by atoms with Gasteiger partial charge in [-0.05, 0) is 24.3 Å². The third-order valence-electron chi connectivity index (χ3n) is 2.81. The van der Waals surface area contributed by atoms with Crippen LogP contribution in [0.5, 0.6) is 0 Å². The molecule has 2 N–H and O–H groups in total. The van der Waals surface area contributed by atoms with Gasteiger partial charge in [0.05, 0.1) is 5.56 Å². The number of amides is 1. The van der Waals surface area contributed by atoms with E-state index in [9.17, 15) is 4.79 Å². The standard InChI is InChI=1S/C13H16N6O/c1-18(2)11-6-7-12(17-16-11)19(3)10-5-4-9(8-15-10)13(14)20/h4-8H,1-3H3,(H2,14,20). The number of pyridine rings is 1. The summed E-state index contributed by atoms with van der Waals surface area (Å²) in [6.07, 6.45) is 1.44. The number of carbonyl (C=O) groups excluding carboxylic acids is 1. The summed E-state index contributed by atoms with van der Waals surface area (Å²) in [4.78, 5) is 18.8. The van der Waals surface area contributed by atoms with E-state index in [1.807, 2.05) is 38.2 Å². The number of carbonyl (C=O) groups is 1. The van der Waals surface area contributed by atoms with Crippen LogP contribution in [0.4, 0.5) is 17.5 Å². The Kier molecular flexibility index (Phi) is 3.79. The third-order valence-corrected chi connectivity index (χ3v) is 2.81. The van der Waals surface area contributed by atoms with Crippen LogP contribution >= 0.6 is 0 Å². The molecule has 2 aromatic heterocycles. The molecular formula is C13H16N6O. The zero-order chi connectivity index (χ0) is 14.7. The minimum Gasteiger partial charge on any atom is -0.366 e. The number of hydrogen-bond acceptors (Lipinski definition) is 6. The van der Waals surface area contributed by atoms with Gasteiger partial charge in [-0.3, -0.25) is 4.79 Å². The quantitative estimate of drug-likeness (QED) is 0.885. The first-order valence-corrected chi connectivity index (χ1v) is 5.99. The summed E-state index contributed by atoms with van der Waals surface area (Å²) < 4.78 is 0. The summed E-state index contributed by atoms with van der Waals surface area (Å²) in [5.74, 6) is 1.60. The van der Waals surface area contributed by atoms with Gasteiger partial charge >= 0.3 is 0 Å². The minimum absolute atomic E-state index is 0.371. The summed E-state index contributed by atoms with van der Waals surface area (Å²) in [5.41, 5.74) is 5.55. The third kappa shape index (κ3) is 2.82. The highest BCUT2D eigenvalue weighted by atomic mass is 16.1. The number of anilines is 3. The molecule has 0 aliphatic heterocycles. The summed E-state index contributed by atoms with van der Waals surface area (Å²) >= 11 is 0. The van der Waals surface area contributed by atoms with Gasteiger partial charge in [0.15, 0.2) is 11.6 Å². The molecule has 0 bridgehead atoms. The van der Waals surface area contributed by atoms with Crippen molar-refractivity contribution in [2.75, 3.05) is 30.9 Å². The minimum atomic E-state index is -0.498. The number of nitrogens with zero attached hydrogens (tertiary/aromatic N) is 5. The fraction of sp³-hybridized carbons (Fsp3) is 0.231. The Morgan fingerprint density at radius 3 is 2.05 bits per heavy atom. The second-order valence-electron chi connectivity index (χ2n) is 4.47. The van der Waals surface area contributed by atoms with Gasteiger partial charge in [-0.15, -0.1) is 10.2 Å². The normalized spacial score (nSPS) is 10.2. The second kappa shape index (κ2) is 5.52. The maximum Gasteiger partial charge on any atom is 0.250 e. The molecular weight excluding hydrogens is 256 g/mol. The molecule has 7 heteroatoms. The Balaban J connectivity index is 2.21. The number of nitrogens with two attached hydrogens (primary N) is 1. The predicted molar refractivity (Wildman–Crippen MR) is 77.2 cm³/mol. The molecule has 0 saturated carbocycles. The van der Waals surface area contributed by atoms with Gasteiger partial charge in [-0.2, -0.15) is 0 Å². The number of rotatable bonds is 4. The SMILES string of the molecule is CN(C)c1ccc(N(C)c2ccc(C(N)=O)cn2)nn1. The molecule has 2 aromatic rings. The Morgan fingerprint density at radius 2 is 1.60 bits per heavy atom.